The minimum absolute atomic E-state index is 0.262. The lowest BCUT2D eigenvalue weighted by Crippen LogP contribution is -2.13. The van der Waals surface area contributed by atoms with E-state index in [4.69, 9.17) is 10.2 Å². The Morgan fingerprint density at radius 3 is 2.69 bits per heavy atom. The first-order chi connectivity index (χ1) is 7.77. The lowest BCUT2D eigenvalue weighted by Gasteiger charge is -2.11. The third kappa shape index (κ3) is 1.30. The van der Waals surface area contributed by atoms with Gasteiger partial charge in [0.25, 0.3) is 0 Å². The molecule has 1 fully saturated rings. The van der Waals surface area contributed by atoms with Gasteiger partial charge in [-0.3, -0.25) is 0 Å². The summed E-state index contributed by atoms with van der Waals surface area (Å²) >= 11 is 0. The van der Waals surface area contributed by atoms with Crippen LogP contribution in [0.1, 0.15) is 30.6 Å². The third-order valence-electron chi connectivity index (χ3n) is 3.80. The van der Waals surface area contributed by atoms with Gasteiger partial charge in [0, 0.05) is 10.8 Å². The third-order valence-corrected chi connectivity index (χ3v) is 3.80. The van der Waals surface area contributed by atoms with Gasteiger partial charge >= 0.3 is 0 Å². The first-order valence-corrected chi connectivity index (χ1v) is 5.95. The average Bonchev–Trinajstić information content (AvgIpc) is 2.99. The minimum atomic E-state index is 0.262. The molecule has 0 unspecified atom stereocenters. The summed E-state index contributed by atoms with van der Waals surface area (Å²) in [5, 5.41) is 1.25. The fourth-order valence-electron chi connectivity index (χ4n) is 2.70. The number of hydrogen-bond donors (Lipinski definition) is 1. The number of nitrogens with two attached hydrogens (primary N) is 1. The molecular weight excluding hydrogens is 198 g/mol. The van der Waals surface area contributed by atoms with Crippen LogP contribution in [0.15, 0.2) is 28.7 Å². The molecule has 2 heteroatoms. The van der Waals surface area contributed by atoms with Crippen LogP contribution in [-0.2, 0) is 5.41 Å². The van der Waals surface area contributed by atoms with Crippen molar-refractivity contribution in [3.63, 3.8) is 0 Å². The van der Waals surface area contributed by atoms with E-state index >= 15 is 0 Å². The standard InChI is InChI=1S/C14H17NO/c1-10-11-4-2-3-5-12(11)16-13(10)14(6-7-14)8-9-15/h2-5H,6-9,15H2,1H3. The smallest absolute Gasteiger partial charge is 0.134 e. The Morgan fingerprint density at radius 2 is 2.06 bits per heavy atom. The molecule has 0 saturated heterocycles. The predicted octanol–water partition coefficient (Wildman–Crippen LogP) is 3.12. The van der Waals surface area contributed by atoms with Crippen molar-refractivity contribution in [2.75, 3.05) is 6.54 Å². The summed E-state index contributed by atoms with van der Waals surface area (Å²) in [6.07, 6.45) is 3.50. The maximum Gasteiger partial charge on any atom is 0.134 e. The molecule has 2 N–H and O–H groups in total. The number of aryl methyl sites for hydroxylation is 1. The molecule has 84 valence electrons. The van der Waals surface area contributed by atoms with Gasteiger partial charge in [-0.25, -0.2) is 0 Å². The topological polar surface area (TPSA) is 39.2 Å². The van der Waals surface area contributed by atoms with Gasteiger partial charge in [-0.15, -0.1) is 0 Å². The van der Waals surface area contributed by atoms with Crippen molar-refractivity contribution in [1.29, 1.82) is 0 Å². The van der Waals surface area contributed by atoms with Gasteiger partial charge in [-0.1, -0.05) is 18.2 Å². The van der Waals surface area contributed by atoms with E-state index in [0.717, 1.165) is 18.5 Å². The molecule has 1 aromatic heterocycles. The molecule has 3 rings (SSSR count). The van der Waals surface area contributed by atoms with Crippen LogP contribution in [-0.4, -0.2) is 6.54 Å². The minimum Gasteiger partial charge on any atom is -0.460 e. The van der Waals surface area contributed by atoms with E-state index in [1.807, 2.05) is 12.1 Å². The Hall–Kier alpha value is -1.28. The number of fused-ring (bicyclic) bond motifs is 1. The molecule has 1 heterocycles. The summed E-state index contributed by atoms with van der Waals surface area (Å²) in [5.41, 5.74) is 8.28. The molecule has 0 bridgehead atoms. The van der Waals surface area contributed by atoms with Crippen LogP contribution in [0.25, 0.3) is 11.0 Å². The molecule has 1 aliphatic rings. The second kappa shape index (κ2) is 3.36. The van der Waals surface area contributed by atoms with Crippen LogP contribution < -0.4 is 5.73 Å². The van der Waals surface area contributed by atoms with Gasteiger partial charge in [0.05, 0.1) is 0 Å². The van der Waals surface area contributed by atoms with Crippen molar-refractivity contribution in [3.8, 4) is 0 Å². The summed E-state index contributed by atoms with van der Waals surface area (Å²) in [6.45, 7) is 2.91. The molecule has 0 radical (unpaired) electrons. The van der Waals surface area contributed by atoms with Crippen LogP contribution in [0.5, 0.6) is 0 Å². The highest BCUT2D eigenvalue weighted by Crippen LogP contribution is 2.53. The summed E-state index contributed by atoms with van der Waals surface area (Å²) < 4.78 is 6.02. The van der Waals surface area contributed by atoms with E-state index in [-0.39, 0.29) is 5.41 Å². The van der Waals surface area contributed by atoms with Crippen molar-refractivity contribution in [2.45, 2.75) is 31.6 Å². The molecule has 0 amide bonds. The van der Waals surface area contributed by atoms with E-state index in [1.165, 1.54) is 29.6 Å². The van der Waals surface area contributed by atoms with Gasteiger partial charge in [-0.2, -0.15) is 0 Å². The zero-order valence-corrected chi connectivity index (χ0v) is 9.62. The normalized spacial score (nSPS) is 17.9. The van der Waals surface area contributed by atoms with Crippen LogP contribution in [0.4, 0.5) is 0 Å². The molecule has 1 saturated carbocycles. The highest BCUT2D eigenvalue weighted by molar-refractivity contribution is 5.82. The molecular formula is C14H17NO. The van der Waals surface area contributed by atoms with Crippen LogP contribution in [0, 0.1) is 6.92 Å². The van der Waals surface area contributed by atoms with Gasteiger partial charge in [-0.05, 0) is 44.4 Å². The second-order valence-electron chi connectivity index (χ2n) is 4.87. The number of para-hydroxylation sites is 1. The lowest BCUT2D eigenvalue weighted by molar-refractivity contribution is 0.457. The Morgan fingerprint density at radius 1 is 1.31 bits per heavy atom. The quantitative estimate of drug-likeness (QED) is 0.854. The zero-order valence-electron chi connectivity index (χ0n) is 9.62. The van der Waals surface area contributed by atoms with Crippen LogP contribution in [0.2, 0.25) is 0 Å². The molecule has 0 aliphatic heterocycles. The highest BCUT2D eigenvalue weighted by Gasteiger charge is 2.47. The van der Waals surface area contributed by atoms with Gasteiger partial charge in [0.15, 0.2) is 0 Å². The second-order valence-corrected chi connectivity index (χ2v) is 4.87. The van der Waals surface area contributed by atoms with Crippen molar-refractivity contribution in [3.05, 3.63) is 35.6 Å². The Labute approximate surface area is 95.4 Å². The first kappa shape index (κ1) is 9.91. The van der Waals surface area contributed by atoms with Gasteiger partial charge in [0.1, 0.15) is 11.3 Å². The molecule has 2 aromatic rings. The van der Waals surface area contributed by atoms with Crippen molar-refractivity contribution >= 4 is 11.0 Å². The van der Waals surface area contributed by atoms with Gasteiger partial charge < -0.3 is 10.2 Å². The zero-order chi connectivity index (χ0) is 11.2. The Bertz CT molecular complexity index is 523. The van der Waals surface area contributed by atoms with E-state index in [1.54, 1.807) is 0 Å². The molecule has 16 heavy (non-hydrogen) atoms. The van der Waals surface area contributed by atoms with Crippen molar-refractivity contribution < 1.29 is 4.42 Å². The maximum atomic E-state index is 6.02. The van der Waals surface area contributed by atoms with E-state index < -0.39 is 0 Å². The van der Waals surface area contributed by atoms with E-state index in [0.29, 0.717) is 0 Å². The monoisotopic (exact) mass is 215 g/mol. The summed E-state index contributed by atoms with van der Waals surface area (Å²) in [7, 11) is 0. The molecule has 2 nitrogen and oxygen atoms in total. The predicted molar refractivity (Wildman–Crippen MR) is 65.5 cm³/mol. The number of rotatable bonds is 3. The van der Waals surface area contributed by atoms with Crippen LogP contribution >= 0.6 is 0 Å². The Balaban J connectivity index is 2.14. The Kier molecular flexibility index (Phi) is 2.08. The largest absolute Gasteiger partial charge is 0.460 e. The highest BCUT2D eigenvalue weighted by atomic mass is 16.3. The average molecular weight is 215 g/mol. The molecule has 0 atom stereocenters. The van der Waals surface area contributed by atoms with E-state index in [9.17, 15) is 0 Å². The summed E-state index contributed by atoms with van der Waals surface area (Å²) in [5.74, 6) is 1.18. The number of benzene rings is 1. The van der Waals surface area contributed by atoms with Crippen LogP contribution in [0.3, 0.4) is 0 Å². The van der Waals surface area contributed by atoms with Gasteiger partial charge in [0.2, 0.25) is 0 Å². The van der Waals surface area contributed by atoms with Crippen molar-refractivity contribution in [2.24, 2.45) is 5.73 Å². The number of hydrogen-bond acceptors (Lipinski definition) is 2. The fraction of sp³-hybridized carbons (Fsp3) is 0.429. The first-order valence-electron chi connectivity index (χ1n) is 5.95. The fourth-order valence-corrected chi connectivity index (χ4v) is 2.70. The SMILES string of the molecule is Cc1c(C2(CCN)CC2)oc2ccccc12. The molecule has 0 spiro atoms. The molecule has 1 aliphatic carbocycles. The lowest BCUT2D eigenvalue weighted by atomic mass is 9.95. The maximum absolute atomic E-state index is 6.02. The van der Waals surface area contributed by atoms with E-state index in [2.05, 4.69) is 19.1 Å². The summed E-state index contributed by atoms with van der Waals surface area (Å²) in [4.78, 5) is 0. The number of furan rings is 1. The van der Waals surface area contributed by atoms with Crippen molar-refractivity contribution in [1.82, 2.24) is 0 Å². The molecule has 1 aromatic carbocycles. The summed E-state index contributed by atoms with van der Waals surface area (Å²) in [6, 6.07) is 8.27.